The zero-order valence-corrected chi connectivity index (χ0v) is 22.6. The maximum absolute atomic E-state index is 15.1. The Bertz CT molecular complexity index is 1700. The second-order valence-electron chi connectivity index (χ2n) is 8.23. The number of amides is 1. The van der Waals surface area contributed by atoms with Crippen molar-refractivity contribution in [2.45, 2.75) is 21.6 Å². The molecular weight excluding hydrogens is 567 g/mol. The lowest BCUT2D eigenvalue weighted by atomic mass is 10.0. The monoisotopic (exact) mass is 584 g/mol. The summed E-state index contributed by atoms with van der Waals surface area (Å²) in [5, 5.41) is 0. The van der Waals surface area contributed by atoms with Crippen LogP contribution >= 0.6 is 34.3 Å². The molecule has 188 valence electrons. The van der Waals surface area contributed by atoms with Crippen molar-refractivity contribution >= 4 is 75.1 Å². The van der Waals surface area contributed by atoms with E-state index in [1.807, 2.05) is 0 Å². The number of hydrogen-bond donors (Lipinski definition) is 1. The van der Waals surface area contributed by atoms with Gasteiger partial charge in [0.2, 0.25) is 5.91 Å². The molecule has 3 heterocycles. The Hall–Kier alpha value is -2.35. The van der Waals surface area contributed by atoms with Gasteiger partial charge < -0.3 is 4.90 Å². The predicted molar refractivity (Wildman–Crippen MR) is 141 cm³/mol. The summed E-state index contributed by atoms with van der Waals surface area (Å²) in [4.78, 5) is 14.3. The van der Waals surface area contributed by atoms with Gasteiger partial charge in [0.1, 0.15) is 16.1 Å². The Morgan fingerprint density at radius 2 is 1.75 bits per heavy atom. The number of rotatable bonds is 6. The number of halogens is 2. The number of benzene rings is 2. The molecule has 1 saturated heterocycles. The van der Waals surface area contributed by atoms with E-state index in [4.69, 9.17) is 11.6 Å². The number of thiophene rings is 2. The van der Waals surface area contributed by atoms with Crippen molar-refractivity contribution in [3.8, 4) is 11.1 Å². The van der Waals surface area contributed by atoms with Crippen molar-refractivity contribution in [3.05, 3.63) is 64.8 Å². The SMILES string of the molecule is CS(=O)(=O)c1ccccc1-c1ccc(N2CCC(NS(=O)(=O)c3cc4sc(Cl)cc4s3)C2=O)c(F)c1. The fourth-order valence-corrected chi connectivity index (χ4v) is 9.21. The largest absolute Gasteiger partial charge is 0.308 e. The minimum atomic E-state index is -3.96. The molecule has 1 unspecified atom stereocenters. The molecule has 5 rings (SSSR count). The van der Waals surface area contributed by atoms with Gasteiger partial charge in [-0.2, -0.15) is 4.72 Å². The lowest BCUT2D eigenvalue weighted by Crippen LogP contribution is -2.41. The van der Waals surface area contributed by atoms with Crippen molar-refractivity contribution < 1.29 is 26.0 Å². The number of anilines is 1. The van der Waals surface area contributed by atoms with Gasteiger partial charge in [-0.15, -0.1) is 22.7 Å². The molecule has 4 aromatic rings. The zero-order valence-electron chi connectivity index (χ0n) is 18.6. The minimum Gasteiger partial charge on any atom is -0.308 e. The molecule has 0 aliphatic carbocycles. The molecule has 1 N–H and O–H groups in total. The molecule has 13 heteroatoms. The molecule has 1 atom stereocenters. The van der Waals surface area contributed by atoms with Crippen molar-refractivity contribution in [2.75, 3.05) is 17.7 Å². The molecule has 7 nitrogen and oxygen atoms in total. The normalized spacial score (nSPS) is 16.8. The van der Waals surface area contributed by atoms with Gasteiger partial charge in [0, 0.05) is 27.8 Å². The number of carbonyl (C=O) groups excluding carboxylic acids is 1. The van der Waals surface area contributed by atoms with Crippen LogP contribution in [0.15, 0.2) is 63.7 Å². The van der Waals surface area contributed by atoms with Gasteiger partial charge in [-0.3, -0.25) is 4.79 Å². The number of nitrogens with zero attached hydrogens (tertiary/aromatic N) is 1. The summed E-state index contributed by atoms with van der Waals surface area (Å²) in [6.07, 6.45) is 1.25. The van der Waals surface area contributed by atoms with Gasteiger partial charge in [-0.05, 0) is 42.3 Å². The van der Waals surface area contributed by atoms with Crippen molar-refractivity contribution in [1.29, 1.82) is 0 Å². The van der Waals surface area contributed by atoms with Gasteiger partial charge in [0.15, 0.2) is 9.84 Å². The summed E-state index contributed by atoms with van der Waals surface area (Å²) < 4.78 is 69.7. The first kappa shape index (κ1) is 25.3. The Morgan fingerprint density at radius 3 is 2.44 bits per heavy atom. The molecule has 2 aromatic carbocycles. The Morgan fingerprint density at radius 1 is 1.03 bits per heavy atom. The fourth-order valence-electron chi connectivity index (χ4n) is 4.11. The Balaban J connectivity index is 1.37. The maximum atomic E-state index is 15.1. The molecule has 36 heavy (non-hydrogen) atoms. The second-order valence-corrected chi connectivity index (χ2v) is 15.0. The van der Waals surface area contributed by atoms with Gasteiger partial charge in [0.05, 0.1) is 14.9 Å². The molecule has 0 radical (unpaired) electrons. The minimum absolute atomic E-state index is 0.00596. The third kappa shape index (κ3) is 4.69. The fraction of sp³-hybridized carbons (Fsp3) is 0.174. The molecule has 0 bridgehead atoms. The van der Waals surface area contributed by atoms with Crippen molar-refractivity contribution in [1.82, 2.24) is 4.72 Å². The topological polar surface area (TPSA) is 101 Å². The Kier molecular flexibility index (Phi) is 6.46. The van der Waals surface area contributed by atoms with E-state index < -0.39 is 37.6 Å². The number of sulfone groups is 1. The van der Waals surface area contributed by atoms with E-state index in [0.717, 1.165) is 27.0 Å². The zero-order chi connectivity index (χ0) is 25.8. The molecule has 0 saturated carbocycles. The standard InChI is InChI=1S/C23H18ClFN2O5S4/c1-35(29,30)20-5-3-2-4-14(20)13-6-7-17(15(25)10-13)27-9-8-16(23(27)28)26-36(31,32)22-12-19-18(34-22)11-21(24)33-19/h2-7,10-12,16,26H,8-9H2,1H3. The first-order chi connectivity index (χ1) is 16.9. The number of fused-ring (bicyclic) bond motifs is 1. The highest BCUT2D eigenvalue weighted by molar-refractivity contribution is 7.92. The predicted octanol–water partition coefficient (Wildman–Crippen LogP) is 4.91. The molecule has 1 aliphatic heterocycles. The quantitative estimate of drug-likeness (QED) is 0.347. The summed E-state index contributed by atoms with van der Waals surface area (Å²) in [6, 6.07) is 12.6. The highest BCUT2D eigenvalue weighted by Crippen LogP contribution is 2.38. The van der Waals surface area contributed by atoms with E-state index in [9.17, 15) is 21.6 Å². The highest BCUT2D eigenvalue weighted by Gasteiger charge is 2.37. The molecule has 1 fully saturated rings. The first-order valence-corrected chi connectivity index (χ1v) is 15.9. The number of sulfonamides is 1. The summed E-state index contributed by atoms with van der Waals surface area (Å²) in [5.74, 6) is -1.29. The summed E-state index contributed by atoms with van der Waals surface area (Å²) in [5.41, 5.74) is 0.688. The number of hydrogen-bond acceptors (Lipinski definition) is 7. The number of nitrogens with one attached hydrogen (secondary N) is 1. The number of carbonyl (C=O) groups is 1. The van der Waals surface area contributed by atoms with Crippen LogP contribution in [0.3, 0.4) is 0 Å². The van der Waals surface area contributed by atoms with Crippen LogP contribution < -0.4 is 9.62 Å². The molecule has 1 amide bonds. The van der Waals surface area contributed by atoms with Crippen LogP contribution in [0.2, 0.25) is 4.34 Å². The van der Waals surface area contributed by atoms with E-state index in [2.05, 4.69) is 4.72 Å². The second kappa shape index (κ2) is 9.19. The van der Waals surface area contributed by atoms with Gasteiger partial charge in [-0.25, -0.2) is 21.2 Å². The molecule has 2 aromatic heterocycles. The lowest BCUT2D eigenvalue weighted by molar-refractivity contribution is -0.118. The van der Waals surface area contributed by atoms with Crippen LogP contribution in [0, 0.1) is 5.82 Å². The van der Waals surface area contributed by atoms with Crippen LogP contribution in [-0.2, 0) is 24.7 Å². The highest BCUT2D eigenvalue weighted by atomic mass is 35.5. The van der Waals surface area contributed by atoms with E-state index in [-0.39, 0.29) is 27.8 Å². The smallest absolute Gasteiger partial charge is 0.250 e. The van der Waals surface area contributed by atoms with Crippen molar-refractivity contribution in [3.63, 3.8) is 0 Å². The Labute approximate surface area is 220 Å². The molecule has 0 spiro atoms. The molecular formula is C23H18ClFN2O5S4. The van der Waals surface area contributed by atoms with Crippen LogP contribution in [0.1, 0.15) is 6.42 Å². The third-order valence-corrected chi connectivity index (χ3v) is 11.3. The summed E-state index contributed by atoms with van der Waals surface area (Å²) in [6.45, 7) is 0.122. The van der Waals surface area contributed by atoms with Crippen LogP contribution in [0.25, 0.3) is 20.5 Å². The summed E-state index contributed by atoms with van der Waals surface area (Å²) >= 11 is 8.29. The van der Waals surface area contributed by atoms with Gasteiger partial charge in [0.25, 0.3) is 10.0 Å². The van der Waals surface area contributed by atoms with Crippen molar-refractivity contribution in [2.24, 2.45) is 0 Å². The van der Waals surface area contributed by atoms with Crippen LogP contribution in [-0.4, -0.2) is 41.6 Å². The van der Waals surface area contributed by atoms with E-state index in [1.165, 1.54) is 46.6 Å². The first-order valence-electron chi connectivity index (χ1n) is 10.6. The van der Waals surface area contributed by atoms with E-state index in [1.54, 1.807) is 24.3 Å². The maximum Gasteiger partial charge on any atom is 0.250 e. The van der Waals surface area contributed by atoms with Crippen LogP contribution in [0.5, 0.6) is 0 Å². The molecule has 1 aliphatic rings. The van der Waals surface area contributed by atoms with Crippen LogP contribution in [0.4, 0.5) is 10.1 Å². The average Bonchev–Trinajstić information content (AvgIpc) is 3.47. The lowest BCUT2D eigenvalue weighted by Gasteiger charge is -2.19. The van der Waals surface area contributed by atoms with E-state index in [0.29, 0.717) is 15.5 Å². The summed E-state index contributed by atoms with van der Waals surface area (Å²) in [7, 11) is -7.51. The van der Waals surface area contributed by atoms with E-state index >= 15 is 4.39 Å². The van der Waals surface area contributed by atoms with Gasteiger partial charge >= 0.3 is 0 Å². The van der Waals surface area contributed by atoms with Gasteiger partial charge in [-0.1, -0.05) is 35.9 Å². The average molecular weight is 585 g/mol. The third-order valence-electron chi connectivity index (χ3n) is 5.76.